The van der Waals surface area contributed by atoms with Gasteiger partial charge in [0.15, 0.2) is 0 Å². The van der Waals surface area contributed by atoms with Crippen LogP contribution < -0.4 is 5.73 Å². The summed E-state index contributed by atoms with van der Waals surface area (Å²) in [6, 6.07) is -0.764. The Morgan fingerprint density at radius 1 is 1.78 bits per heavy atom. The molecule has 0 saturated carbocycles. The Morgan fingerprint density at radius 2 is 2.33 bits per heavy atom. The molecule has 0 saturated heterocycles. The molecule has 0 aromatic carbocycles. The van der Waals surface area contributed by atoms with Gasteiger partial charge >= 0.3 is 6.03 Å². The van der Waals surface area contributed by atoms with Gasteiger partial charge in [-0.15, -0.1) is 0 Å². The molecule has 2 N–H and O–H groups in total. The lowest BCUT2D eigenvalue weighted by Crippen LogP contribution is -2.34. The van der Waals surface area contributed by atoms with Crippen LogP contribution >= 0.6 is 0 Å². The summed E-state index contributed by atoms with van der Waals surface area (Å²) in [6.07, 6.45) is 0. The molecule has 0 unspecified atom stereocenters. The van der Waals surface area contributed by atoms with E-state index in [0.717, 1.165) is 0 Å². The maximum absolute atomic E-state index is 10.2. The summed E-state index contributed by atoms with van der Waals surface area (Å²) >= 11 is 0. The lowest BCUT2D eigenvalue weighted by atomic mass is 10.9. The molecular weight excluding hydrogens is 124 g/mol. The van der Waals surface area contributed by atoms with Crippen molar-refractivity contribution in [2.45, 2.75) is 6.92 Å². The molecule has 0 bridgehead atoms. The first-order valence-electron chi connectivity index (χ1n) is 2.49. The van der Waals surface area contributed by atoms with E-state index in [-0.39, 0.29) is 0 Å². The average molecular weight is 134 g/mol. The number of amides is 2. The van der Waals surface area contributed by atoms with Crippen LogP contribution in [0.2, 0.25) is 0 Å². The summed E-state index contributed by atoms with van der Waals surface area (Å²) in [5, 5.41) is 0.611. The summed E-state index contributed by atoms with van der Waals surface area (Å²) in [7, 11) is 1.29. The number of hydrogen-bond donors (Lipinski definition) is 1. The van der Waals surface area contributed by atoms with Crippen molar-refractivity contribution in [2.75, 3.05) is 13.7 Å². The van der Waals surface area contributed by atoms with Gasteiger partial charge in [0.2, 0.25) is 0 Å². The van der Waals surface area contributed by atoms with Crippen LogP contribution in [0.1, 0.15) is 6.92 Å². The van der Waals surface area contributed by atoms with Crippen LogP contribution in [0.4, 0.5) is 4.79 Å². The lowest BCUT2D eigenvalue weighted by molar-refractivity contribution is -0.309. The molecule has 0 radical (unpaired) electrons. The maximum atomic E-state index is 10.2. The molecule has 0 rings (SSSR count). The Hall–Kier alpha value is -0.810. The number of carbonyl (C=O) groups is 1. The fourth-order valence-electron chi connectivity index (χ4n) is 0.324. The van der Waals surface area contributed by atoms with E-state index in [1.807, 2.05) is 0 Å². The van der Waals surface area contributed by atoms with Gasteiger partial charge in [0.25, 0.3) is 0 Å². The Bertz CT molecular complexity index is 95.8. The predicted molar refractivity (Wildman–Crippen MR) is 30.1 cm³/mol. The molecule has 5 nitrogen and oxygen atoms in total. The zero-order valence-electron chi connectivity index (χ0n) is 5.46. The standard InChI is InChI=1S/C4H10N2O3/c1-3-9-6(8-2)4(5)7/h3H2,1-2H3,(H2,5,7). The number of hydroxylamine groups is 2. The van der Waals surface area contributed by atoms with Gasteiger partial charge in [-0.3, -0.25) is 0 Å². The number of rotatable bonds is 3. The van der Waals surface area contributed by atoms with Crippen LogP contribution in [0, 0.1) is 0 Å². The third-order valence-corrected chi connectivity index (χ3v) is 0.592. The predicted octanol–water partition coefficient (Wildman–Crippen LogP) is -0.120. The molecule has 0 aromatic heterocycles. The van der Waals surface area contributed by atoms with Crippen LogP contribution in [0.25, 0.3) is 0 Å². The molecule has 54 valence electrons. The minimum absolute atomic E-state index is 0.344. The van der Waals surface area contributed by atoms with Gasteiger partial charge in [-0.05, 0) is 6.92 Å². The van der Waals surface area contributed by atoms with E-state index >= 15 is 0 Å². The average Bonchev–Trinajstić information content (AvgIpc) is 1.82. The first kappa shape index (κ1) is 8.19. The van der Waals surface area contributed by atoms with Gasteiger partial charge < -0.3 is 5.73 Å². The van der Waals surface area contributed by atoms with Crippen molar-refractivity contribution < 1.29 is 14.5 Å². The van der Waals surface area contributed by atoms with Crippen molar-refractivity contribution in [3.05, 3.63) is 0 Å². The van der Waals surface area contributed by atoms with Gasteiger partial charge in [0.1, 0.15) is 0 Å². The van der Waals surface area contributed by atoms with Crippen LogP contribution in [0.3, 0.4) is 0 Å². The topological polar surface area (TPSA) is 64.8 Å². The van der Waals surface area contributed by atoms with Crippen LogP contribution in [0.5, 0.6) is 0 Å². The Balaban J connectivity index is 3.54. The number of carbonyl (C=O) groups excluding carboxylic acids is 1. The van der Waals surface area contributed by atoms with Crippen LogP contribution in [-0.2, 0) is 9.68 Å². The molecule has 0 aromatic rings. The summed E-state index contributed by atoms with van der Waals surface area (Å²) in [4.78, 5) is 19.2. The minimum Gasteiger partial charge on any atom is -0.348 e. The fraction of sp³-hybridized carbons (Fsp3) is 0.750. The Labute approximate surface area is 53.2 Å². The fourth-order valence-corrected chi connectivity index (χ4v) is 0.324. The summed E-state index contributed by atoms with van der Waals surface area (Å²) in [5.41, 5.74) is 4.77. The second kappa shape index (κ2) is 4.11. The SMILES string of the molecule is CCON(OC)C(N)=O. The summed E-state index contributed by atoms with van der Waals surface area (Å²) in [6.45, 7) is 2.06. The number of nitrogens with two attached hydrogens (primary N) is 1. The number of primary amides is 1. The van der Waals surface area contributed by atoms with Gasteiger partial charge in [-0.2, -0.15) is 0 Å². The van der Waals surface area contributed by atoms with E-state index in [1.165, 1.54) is 7.11 Å². The van der Waals surface area contributed by atoms with E-state index in [0.29, 0.717) is 11.8 Å². The van der Waals surface area contributed by atoms with E-state index in [4.69, 9.17) is 5.73 Å². The maximum Gasteiger partial charge on any atom is 0.364 e. The van der Waals surface area contributed by atoms with Crippen LogP contribution in [0.15, 0.2) is 0 Å². The Kier molecular flexibility index (Phi) is 3.74. The molecule has 9 heavy (non-hydrogen) atoms. The van der Waals surface area contributed by atoms with E-state index in [9.17, 15) is 4.79 Å². The zero-order valence-corrected chi connectivity index (χ0v) is 5.46. The highest BCUT2D eigenvalue weighted by atomic mass is 17.0. The van der Waals surface area contributed by atoms with E-state index in [1.54, 1.807) is 6.92 Å². The van der Waals surface area contributed by atoms with Crippen molar-refractivity contribution in [1.82, 2.24) is 5.23 Å². The molecule has 0 aliphatic rings. The third kappa shape index (κ3) is 2.89. The van der Waals surface area contributed by atoms with Crippen molar-refractivity contribution >= 4 is 6.03 Å². The number of urea groups is 1. The van der Waals surface area contributed by atoms with Crippen molar-refractivity contribution in [1.29, 1.82) is 0 Å². The third-order valence-electron chi connectivity index (χ3n) is 0.592. The molecule has 0 spiro atoms. The van der Waals surface area contributed by atoms with Gasteiger partial charge in [-0.25, -0.2) is 14.5 Å². The molecule has 0 fully saturated rings. The molecule has 0 atom stereocenters. The second-order valence-corrected chi connectivity index (χ2v) is 1.20. The largest absolute Gasteiger partial charge is 0.364 e. The first-order chi connectivity index (χ1) is 4.22. The molecule has 5 heteroatoms. The monoisotopic (exact) mass is 134 g/mol. The normalized spacial score (nSPS) is 9.11. The molecule has 0 aliphatic carbocycles. The minimum atomic E-state index is -0.764. The number of nitrogens with zero attached hydrogens (tertiary/aromatic N) is 1. The molecule has 0 aliphatic heterocycles. The molecular formula is C4H10N2O3. The highest BCUT2D eigenvalue weighted by molar-refractivity contribution is 5.69. The number of hydrogen-bond acceptors (Lipinski definition) is 3. The lowest BCUT2D eigenvalue weighted by Gasteiger charge is -2.13. The van der Waals surface area contributed by atoms with Gasteiger partial charge in [0.05, 0.1) is 13.7 Å². The molecule has 0 heterocycles. The van der Waals surface area contributed by atoms with Gasteiger partial charge in [-0.1, -0.05) is 5.23 Å². The summed E-state index contributed by atoms with van der Waals surface area (Å²) < 4.78 is 0. The van der Waals surface area contributed by atoms with Crippen molar-refractivity contribution in [2.24, 2.45) is 5.73 Å². The van der Waals surface area contributed by atoms with Crippen molar-refractivity contribution in [3.8, 4) is 0 Å². The Morgan fingerprint density at radius 3 is 2.44 bits per heavy atom. The molecule has 2 amide bonds. The first-order valence-corrected chi connectivity index (χ1v) is 2.49. The highest BCUT2D eigenvalue weighted by Gasteiger charge is 2.06. The van der Waals surface area contributed by atoms with Crippen molar-refractivity contribution in [3.63, 3.8) is 0 Å². The highest BCUT2D eigenvalue weighted by Crippen LogP contribution is 1.87. The van der Waals surface area contributed by atoms with Gasteiger partial charge in [0, 0.05) is 0 Å². The smallest absolute Gasteiger partial charge is 0.348 e. The van der Waals surface area contributed by atoms with E-state index in [2.05, 4.69) is 9.68 Å². The summed E-state index contributed by atoms with van der Waals surface area (Å²) in [5.74, 6) is 0. The second-order valence-electron chi connectivity index (χ2n) is 1.20. The van der Waals surface area contributed by atoms with E-state index < -0.39 is 6.03 Å². The quantitative estimate of drug-likeness (QED) is 0.547. The zero-order chi connectivity index (χ0) is 7.28. The van der Waals surface area contributed by atoms with Crippen LogP contribution in [-0.4, -0.2) is 25.0 Å².